The van der Waals surface area contributed by atoms with Gasteiger partial charge in [-0.1, -0.05) is 24.3 Å². The van der Waals surface area contributed by atoms with Crippen LogP contribution < -0.4 is 10.5 Å². The van der Waals surface area contributed by atoms with E-state index in [9.17, 15) is 4.39 Å². The summed E-state index contributed by atoms with van der Waals surface area (Å²) in [6, 6.07) is 11.0. The number of fused-ring (bicyclic) bond motifs is 1. The van der Waals surface area contributed by atoms with Crippen LogP contribution in [-0.4, -0.2) is 0 Å². The molecule has 2 nitrogen and oxygen atoms in total. The standard InChI is InChI=1S/C16H15BrFNO/c17-16-10(3-1-5-13(16)18)9-20-15-6-2-4-11-12(15)7-8-14(11)19/h1-6,14H,7-9,19H2. The Labute approximate surface area is 125 Å². The smallest absolute Gasteiger partial charge is 0.137 e. The molecule has 0 aliphatic heterocycles. The van der Waals surface area contributed by atoms with Gasteiger partial charge in [-0.25, -0.2) is 4.39 Å². The van der Waals surface area contributed by atoms with Gasteiger partial charge in [0.2, 0.25) is 0 Å². The average Bonchev–Trinajstić information content (AvgIpc) is 2.83. The summed E-state index contributed by atoms with van der Waals surface area (Å²) in [5.41, 5.74) is 9.20. The molecule has 0 saturated carbocycles. The second-order valence-corrected chi connectivity index (χ2v) is 5.76. The van der Waals surface area contributed by atoms with E-state index in [4.69, 9.17) is 10.5 Å². The van der Waals surface area contributed by atoms with Gasteiger partial charge in [0.1, 0.15) is 18.2 Å². The monoisotopic (exact) mass is 335 g/mol. The molecule has 0 fully saturated rings. The van der Waals surface area contributed by atoms with Crippen molar-refractivity contribution in [3.63, 3.8) is 0 Å². The van der Waals surface area contributed by atoms with Crippen molar-refractivity contribution in [2.75, 3.05) is 0 Å². The number of nitrogens with two attached hydrogens (primary N) is 1. The van der Waals surface area contributed by atoms with Crippen LogP contribution in [0.25, 0.3) is 0 Å². The summed E-state index contributed by atoms with van der Waals surface area (Å²) in [5, 5.41) is 0. The lowest BCUT2D eigenvalue weighted by Gasteiger charge is -2.12. The van der Waals surface area contributed by atoms with Crippen LogP contribution in [0.15, 0.2) is 40.9 Å². The van der Waals surface area contributed by atoms with Gasteiger partial charge in [-0.15, -0.1) is 0 Å². The first-order chi connectivity index (χ1) is 9.66. The van der Waals surface area contributed by atoms with E-state index in [0.717, 1.165) is 24.2 Å². The number of halogens is 2. The highest BCUT2D eigenvalue weighted by Gasteiger charge is 2.22. The molecule has 2 N–H and O–H groups in total. The summed E-state index contributed by atoms with van der Waals surface area (Å²) in [5.74, 6) is 0.582. The number of benzene rings is 2. The summed E-state index contributed by atoms with van der Waals surface area (Å²) in [6.07, 6.45) is 1.90. The van der Waals surface area contributed by atoms with Gasteiger partial charge in [0.05, 0.1) is 4.47 Å². The third-order valence-electron chi connectivity index (χ3n) is 3.69. The molecule has 0 aromatic heterocycles. The molecule has 3 rings (SSSR count). The SMILES string of the molecule is NC1CCc2c(OCc3cccc(F)c3Br)cccc21. The molecule has 20 heavy (non-hydrogen) atoms. The van der Waals surface area contributed by atoms with Crippen molar-refractivity contribution in [1.82, 2.24) is 0 Å². The fraction of sp³-hybridized carbons (Fsp3) is 0.250. The quantitative estimate of drug-likeness (QED) is 0.915. The zero-order chi connectivity index (χ0) is 14.1. The van der Waals surface area contributed by atoms with Gasteiger partial charge in [0.15, 0.2) is 0 Å². The summed E-state index contributed by atoms with van der Waals surface area (Å²) in [4.78, 5) is 0. The maximum Gasteiger partial charge on any atom is 0.137 e. The highest BCUT2D eigenvalue weighted by atomic mass is 79.9. The molecule has 0 spiro atoms. The molecule has 2 aromatic carbocycles. The van der Waals surface area contributed by atoms with Crippen LogP contribution in [-0.2, 0) is 13.0 Å². The van der Waals surface area contributed by atoms with Gasteiger partial charge in [0, 0.05) is 11.6 Å². The van der Waals surface area contributed by atoms with Crippen molar-refractivity contribution in [2.24, 2.45) is 5.73 Å². The molecule has 1 aliphatic rings. The third-order valence-corrected chi connectivity index (χ3v) is 4.58. The molecule has 4 heteroatoms. The molecule has 1 unspecified atom stereocenters. The van der Waals surface area contributed by atoms with Crippen molar-refractivity contribution in [3.05, 3.63) is 63.4 Å². The van der Waals surface area contributed by atoms with Crippen molar-refractivity contribution >= 4 is 15.9 Å². The lowest BCUT2D eigenvalue weighted by atomic mass is 10.1. The second kappa shape index (κ2) is 5.54. The molecule has 0 heterocycles. The van der Waals surface area contributed by atoms with Gasteiger partial charge in [0.25, 0.3) is 0 Å². The molecule has 1 aliphatic carbocycles. The van der Waals surface area contributed by atoms with E-state index >= 15 is 0 Å². The first-order valence-electron chi connectivity index (χ1n) is 6.60. The predicted octanol–water partition coefficient (Wildman–Crippen LogP) is 4.11. The van der Waals surface area contributed by atoms with Gasteiger partial charge < -0.3 is 10.5 Å². The van der Waals surface area contributed by atoms with E-state index in [-0.39, 0.29) is 11.9 Å². The number of hydrogen-bond acceptors (Lipinski definition) is 2. The number of rotatable bonds is 3. The Balaban J connectivity index is 1.81. The van der Waals surface area contributed by atoms with Crippen molar-refractivity contribution in [2.45, 2.75) is 25.5 Å². The summed E-state index contributed by atoms with van der Waals surface area (Å²) >= 11 is 3.25. The lowest BCUT2D eigenvalue weighted by molar-refractivity contribution is 0.302. The molecule has 0 amide bonds. The molecule has 2 aromatic rings. The Hall–Kier alpha value is -1.39. The molecular formula is C16H15BrFNO. The number of hydrogen-bond donors (Lipinski definition) is 1. The minimum absolute atomic E-state index is 0.106. The van der Waals surface area contributed by atoms with Gasteiger partial charge in [-0.05, 0) is 52.0 Å². The molecule has 0 radical (unpaired) electrons. The van der Waals surface area contributed by atoms with Gasteiger partial charge >= 0.3 is 0 Å². The average molecular weight is 336 g/mol. The maximum atomic E-state index is 13.5. The van der Waals surface area contributed by atoms with Crippen LogP contribution >= 0.6 is 15.9 Å². The van der Waals surface area contributed by atoms with Crippen molar-refractivity contribution in [1.29, 1.82) is 0 Å². The van der Waals surface area contributed by atoms with Crippen LogP contribution in [0.1, 0.15) is 29.2 Å². The molecule has 0 saturated heterocycles. The van der Waals surface area contributed by atoms with Gasteiger partial charge in [-0.3, -0.25) is 0 Å². The molecule has 104 valence electrons. The van der Waals surface area contributed by atoms with E-state index < -0.39 is 0 Å². The van der Waals surface area contributed by atoms with E-state index in [0.29, 0.717) is 11.1 Å². The lowest BCUT2D eigenvalue weighted by Crippen LogP contribution is -2.05. The fourth-order valence-electron chi connectivity index (χ4n) is 2.60. The van der Waals surface area contributed by atoms with E-state index in [1.54, 1.807) is 6.07 Å². The van der Waals surface area contributed by atoms with Gasteiger partial charge in [-0.2, -0.15) is 0 Å². The summed E-state index contributed by atoms with van der Waals surface area (Å²) in [6.45, 7) is 0.337. The Morgan fingerprint density at radius 3 is 2.90 bits per heavy atom. The minimum atomic E-state index is -0.272. The molecular weight excluding hydrogens is 321 g/mol. The second-order valence-electron chi connectivity index (χ2n) is 4.97. The van der Waals surface area contributed by atoms with Crippen LogP contribution in [0, 0.1) is 5.82 Å². The highest BCUT2D eigenvalue weighted by molar-refractivity contribution is 9.10. The van der Waals surface area contributed by atoms with Crippen molar-refractivity contribution < 1.29 is 9.13 Å². The van der Waals surface area contributed by atoms with Crippen LogP contribution in [0.2, 0.25) is 0 Å². The Morgan fingerprint density at radius 2 is 2.05 bits per heavy atom. The van der Waals surface area contributed by atoms with Crippen molar-refractivity contribution in [3.8, 4) is 5.75 Å². The fourth-order valence-corrected chi connectivity index (χ4v) is 2.98. The van der Waals surface area contributed by atoms with E-state index in [2.05, 4.69) is 22.0 Å². The summed E-state index contributed by atoms with van der Waals surface area (Å²) < 4.78 is 19.8. The first-order valence-corrected chi connectivity index (χ1v) is 7.39. The predicted molar refractivity (Wildman–Crippen MR) is 80.1 cm³/mol. The molecule has 1 atom stereocenters. The van der Waals surface area contributed by atoms with Crippen LogP contribution in [0.3, 0.4) is 0 Å². The molecule has 0 bridgehead atoms. The topological polar surface area (TPSA) is 35.2 Å². The Morgan fingerprint density at radius 1 is 1.25 bits per heavy atom. The Kier molecular flexibility index (Phi) is 3.76. The van der Waals surface area contributed by atoms with Crippen LogP contribution in [0.5, 0.6) is 5.75 Å². The highest BCUT2D eigenvalue weighted by Crippen LogP contribution is 2.36. The zero-order valence-electron chi connectivity index (χ0n) is 10.9. The summed E-state index contributed by atoms with van der Waals surface area (Å²) in [7, 11) is 0. The largest absolute Gasteiger partial charge is 0.489 e. The minimum Gasteiger partial charge on any atom is -0.489 e. The third kappa shape index (κ3) is 2.45. The van der Waals surface area contributed by atoms with E-state index in [1.165, 1.54) is 17.2 Å². The normalized spacial score (nSPS) is 17.1. The maximum absolute atomic E-state index is 13.5. The van der Waals surface area contributed by atoms with Crippen LogP contribution in [0.4, 0.5) is 4.39 Å². The number of ether oxygens (including phenoxy) is 1. The first kappa shape index (κ1) is 13.6. The Bertz CT molecular complexity index is 644. The van der Waals surface area contributed by atoms with E-state index in [1.807, 2.05) is 18.2 Å². The zero-order valence-corrected chi connectivity index (χ0v) is 12.5.